The first-order valence-electron chi connectivity index (χ1n) is 9.39. The highest BCUT2D eigenvalue weighted by molar-refractivity contribution is 6.30. The van der Waals surface area contributed by atoms with Crippen molar-refractivity contribution < 1.29 is 5.11 Å². The number of benzene rings is 2. The number of rotatable bonds is 4. The van der Waals surface area contributed by atoms with Crippen molar-refractivity contribution in [2.45, 2.75) is 31.3 Å². The van der Waals surface area contributed by atoms with Crippen molar-refractivity contribution in [3.8, 4) is 0 Å². The van der Waals surface area contributed by atoms with Crippen LogP contribution in [0, 0.1) is 5.92 Å². The zero-order chi connectivity index (χ0) is 18.6. The molecule has 2 nitrogen and oxygen atoms in total. The Morgan fingerprint density at radius 1 is 1.08 bits per heavy atom. The molecule has 138 valence electrons. The second-order valence-corrected chi connectivity index (χ2v) is 7.99. The van der Waals surface area contributed by atoms with Crippen molar-refractivity contribution in [3.05, 3.63) is 76.3 Å². The van der Waals surface area contributed by atoms with Crippen molar-refractivity contribution in [3.63, 3.8) is 0 Å². The Labute approximate surface area is 162 Å². The molecule has 0 saturated heterocycles. The van der Waals surface area contributed by atoms with Crippen molar-refractivity contribution in [2.24, 2.45) is 5.92 Å². The smallest absolute Gasteiger partial charge is 0.115 e. The van der Waals surface area contributed by atoms with E-state index in [9.17, 15) is 5.11 Å². The summed E-state index contributed by atoms with van der Waals surface area (Å²) < 4.78 is 0. The second kappa shape index (κ2) is 8.39. The van der Waals surface area contributed by atoms with Crippen LogP contribution >= 0.6 is 11.6 Å². The third-order valence-corrected chi connectivity index (χ3v) is 5.59. The average Bonchev–Trinajstić information content (AvgIpc) is 2.77. The first-order chi connectivity index (χ1) is 12.5. The number of hydrogen-bond acceptors (Lipinski definition) is 2. The molecule has 0 amide bonds. The Kier molecular flexibility index (Phi) is 6.18. The highest BCUT2D eigenvalue weighted by Gasteiger charge is 2.42. The summed E-state index contributed by atoms with van der Waals surface area (Å²) >= 11 is 6.11. The summed E-state index contributed by atoms with van der Waals surface area (Å²) in [6, 6.07) is 18.0. The van der Waals surface area contributed by atoms with Gasteiger partial charge in [-0.15, -0.1) is 0 Å². The van der Waals surface area contributed by atoms with Gasteiger partial charge in [0, 0.05) is 17.5 Å². The van der Waals surface area contributed by atoms with E-state index in [0.29, 0.717) is 5.02 Å². The summed E-state index contributed by atoms with van der Waals surface area (Å²) in [6.07, 6.45) is 6.36. The van der Waals surface area contributed by atoms with Crippen molar-refractivity contribution >= 4 is 17.7 Å². The van der Waals surface area contributed by atoms with Gasteiger partial charge in [-0.3, -0.25) is 0 Å². The van der Waals surface area contributed by atoms with Gasteiger partial charge in [-0.05, 0) is 62.2 Å². The van der Waals surface area contributed by atoms with Gasteiger partial charge in [-0.25, -0.2) is 0 Å². The quantitative estimate of drug-likeness (QED) is 0.733. The Balaban J connectivity index is 2.12. The van der Waals surface area contributed by atoms with Gasteiger partial charge >= 0.3 is 0 Å². The third kappa shape index (κ3) is 4.20. The predicted octanol–water partition coefficient (Wildman–Crippen LogP) is 5.36. The molecule has 3 heteroatoms. The van der Waals surface area contributed by atoms with E-state index in [1.807, 2.05) is 42.5 Å². The van der Waals surface area contributed by atoms with E-state index >= 15 is 0 Å². The zero-order valence-electron chi connectivity index (χ0n) is 15.7. The molecule has 1 aliphatic rings. The summed E-state index contributed by atoms with van der Waals surface area (Å²) in [7, 11) is 4.15. The molecule has 2 aromatic carbocycles. The van der Waals surface area contributed by atoms with Crippen LogP contribution in [0.25, 0.3) is 6.08 Å². The Bertz CT molecular complexity index is 739. The molecule has 2 aromatic rings. The van der Waals surface area contributed by atoms with Gasteiger partial charge in [-0.1, -0.05) is 66.6 Å². The van der Waals surface area contributed by atoms with Gasteiger partial charge < -0.3 is 10.0 Å². The molecule has 2 atom stereocenters. The third-order valence-electron chi connectivity index (χ3n) is 5.34. The Morgan fingerprint density at radius 2 is 1.77 bits per heavy atom. The van der Waals surface area contributed by atoms with Crippen molar-refractivity contribution in [1.29, 1.82) is 0 Å². The molecule has 1 N–H and O–H groups in total. The summed E-state index contributed by atoms with van der Waals surface area (Å²) in [5, 5.41) is 12.8. The van der Waals surface area contributed by atoms with Gasteiger partial charge in [0.05, 0.1) is 0 Å². The fourth-order valence-electron chi connectivity index (χ4n) is 4.09. The fourth-order valence-corrected chi connectivity index (χ4v) is 4.22. The molecule has 0 bridgehead atoms. The van der Waals surface area contributed by atoms with Crippen LogP contribution in [0.2, 0.25) is 5.02 Å². The SMILES string of the molecule is CN(C)CC1CCCC/C(=C/c2ccccc2)C1(O)c1ccc(Cl)cc1. The van der Waals surface area contributed by atoms with E-state index in [4.69, 9.17) is 11.6 Å². The lowest BCUT2D eigenvalue weighted by molar-refractivity contribution is 0.000490. The van der Waals surface area contributed by atoms with E-state index in [-0.39, 0.29) is 5.92 Å². The molecule has 1 fully saturated rings. The van der Waals surface area contributed by atoms with E-state index in [0.717, 1.165) is 48.9 Å². The van der Waals surface area contributed by atoms with E-state index in [1.54, 1.807) is 0 Å². The normalized spacial score (nSPS) is 25.4. The van der Waals surface area contributed by atoms with Crippen LogP contribution in [-0.2, 0) is 5.60 Å². The lowest BCUT2D eigenvalue weighted by atomic mass is 9.74. The molecular formula is C23H28ClNO. The highest BCUT2D eigenvalue weighted by Crippen LogP contribution is 2.45. The molecule has 2 unspecified atom stereocenters. The average molecular weight is 370 g/mol. The minimum absolute atomic E-state index is 0.149. The maximum Gasteiger partial charge on any atom is 0.115 e. The summed E-state index contributed by atoms with van der Waals surface area (Å²) in [5.74, 6) is 0.149. The topological polar surface area (TPSA) is 23.5 Å². The molecule has 26 heavy (non-hydrogen) atoms. The highest BCUT2D eigenvalue weighted by atomic mass is 35.5. The maximum absolute atomic E-state index is 12.1. The number of hydrogen-bond donors (Lipinski definition) is 1. The van der Waals surface area contributed by atoms with Crippen LogP contribution in [0.4, 0.5) is 0 Å². The Morgan fingerprint density at radius 3 is 2.42 bits per heavy atom. The van der Waals surface area contributed by atoms with Crippen LogP contribution < -0.4 is 0 Å². The molecule has 0 heterocycles. The number of halogens is 1. The minimum Gasteiger partial charge on any atom is -0.380 e. The van der Waals surface area contributed by atoms with Crippen LogP contribution in [0.15, 0.2) is 60.2 Å². The zero-order valence-corrected chi connectivity index (χ0v) is 16.4. The molecule has 1 saturated carbocycles. The minimum atomic E-state index is -0.971. The first-order valence-corrected chi connectivity index (χ1v) is 9.77. The number of nitrogens with zero attached hydrogens (tertiary/aromatic N) is 1. The van der Waals surface area contributed by atoms with E-state index in [1.165, 1.54) is 0 Å². The fraction of sp³-hybridized carbons (Fsp3) is 0.391. The molecule has 0 aliphatic heterocycles. The largest absolute Gasteiger partial charge is 0.380 e. The molecule has 0 spiro atoms. The van der Waals surface area contributed by atoms with Gasteiger partial charge in [0.15, 0.2) is 0 Å². The lowest BCUT2D eigenvalue weighted by Gasteiger charge is -2.39. The van der Waals surface area contributed by atoms with Crippen LogP contribution in [0.1, 0.15) is 36.8 Å². The van der Waals surface area contributed by atoms with Gasteiger partial charge in [-0.2, -0.15) is 0 Å². The Hall–Kier alpha value is -1.61. The summed E-state index contributed by atoms with van der Waals surface area (Å²) in [6.45, 7) is 0.852. The van der Waals surface area contributed by atoms with Crippen molar-refractivity contribution in [2.75, 3.05) is 20.6 Å². The lowest BCUT2D eigenvalue weighted by Crippen LogP contribution is -2.41. The monoisotopic (exact) mass is 369 g/mol. The van der Waals surface area contributed by atoms with E-state index in [2.05, 4.69) is 37.2 Å². The molecular weight excluding hydrogens is 342 g/mol. The van der Waals surface area contributed by atoms with Crippen LogP contribution in [0.3, 0.4) is 0 Å². The van der Waals surface area contributed by atoms with Crippen LogP contribution in [-0.4, -0.2) is 30.6 Å². The van der Waals surface area contributed by atoms with Crippen molar-refractivity contribution in [1.82, 2.24) is 4.90 Å². The van der Waals surface area contributed by atoms with E-state index < -0.39 is 5.60 Å². The van der Waals surface area contributed by atoms with Gasteiger partial charge in [0.2, 0.25) is 0 Å². The predicted molar refractivity (Wildman–Crippen MR) is 110 cm³/mol. The van der Waals surface area contributed by atoms with Gasteiger partial charge in [0.25, 0.3) is 0 Å². The second-order valence-electron chi connectivity index (χ2n) is 7.56. The maximum atomic E-state index is 12.1. The molecule has 0 radical (unpaired) electrons. The summed E-state index contributed by atoms with van der Waals surface area (Å²) in [4.78, 5) is 2.18. The first kappa shape index (κ1) is 19.2. The summed E-state index contributed by atoms with van der Waals surface area (Å²) in [5.41, 5.74) is 2.22. The molecule has 3 rings (SSSR count). The standard InChI is InChI=1S/C23H28ClNO/c1-25(2)17-21-11-7-6-10-20(16-18-8-4-3-5-9-18)23(21,26)19-12-14-22(24)15-13-19/h3-5,8-9,12-16,21,26H,6-7,10-11,17H2,1-2H3/b20-16-. The molecule has 0 aromatic heterocycles. The van der Waals surface area contributed by atoms with Gasteiger partial charge in [0.1, 0.15) is 5.60 Å². The number of aliphatic hydroxyl groups is 1. The van der Waals surface area contributed by atoms with Crippen LogP contribution in [0.5, 0.6) is 0 Å². The molecule has 1 aliphatic carbocycles.